The lowest BCUT2D eigenvalue weighted by Crippen LogP contribution is -2.17. The molecular weight excluding hydrogens is 180 g/mol. The van der Waals surface area contributed by atoms with Crippen LogP contribution in [0.1, 0.15) is 13.3 Å². The van der Waals surface area contributed by atoms with Gasteiger partial charge in [-0.05, 0) is 24.5 Å². The van der Waals surface area contributed by atoms with Crippen molar-refractivity contribution in [1.82, 2.24) is 0 Å². The second-order valence-electron chi connectivity index (χ2n) is 2.75. The fraction of sp³-hybridized carbons (Fsp3) is 0.714. The molecule has 1 aliphatic rings. The molecule has 0 radical (unpaired) electrons. The van der Waals surface area contributed by atoms with Gasteiger partial charge in [0.1, 0.15) is 0 Å². The van der Waals surface area contributed by atoms with Gasteiger partial charge in [0.25, 0.3) is 0 Å². The smallest absolute Gasteiger partial charge is 0.155 e. The average Bonchev–Trinajstić information content (AvgIpc) is 1.94. The molecule has 2 nitrogen and oxygen atoms in total. The first-order valence-corrected chi connectivity index (χ1v) is 6.53. The molecule has 0 fully saturated rings. The Kier molecular flexibility index (Phi) is 2.65. The van der Waals surface area contributed by atoms with Gasteiger partial charge in [-0.2, -0.15) is 0 Å². The molecule has 0 saturated heterocycles. The molecule has 0 N–H and O–H groups in total. The maximum atomic E-state index is 11.1. The second kappa shape index (κ2) is 3.19. The van der Waals surface area contributed by atoms with E-state index in [1.807, 2.05) is 13.2 Å². The van der Waals surface area contributed by atoms with Crippen LogP contribution in [-0.2, 0) is 9.84 Å². The third kappa shape index (κ3) is 2.24. The Morgan fingerprint density at radius 2 is 2.09 bits per heavy atom. The molecule has 11 heavy (non-hydrogen) atoms. The van der Waals surface area contributed by atoms with Crippen molar-refractivity contribution in [2.24, 2.45) is 0 Å². The van der Waals surface area contributed by atoms with Crippen LogP contribution in [0.5, 0.6) is 0 Å². The summed E-state index contributed by atoms with van der Waals surface area (Å²) in [6, 6.07) is 0. The number of hydrogen-bond acceptors (Lipinski definition) is 3. The zero-order valence-corrected chi connectivity index (χ0v) is 8.39. The van der Waals surface area contributed by atoms with E-state index in [0.717, 1.165) is 11.3 Å². The van der Waals surface area contributed by atoms with Gasteiger partial charge in [-0.3, -0.25) is 0 Å². The van der Waals surface area contributed by atoms with Crippen LogP contribution in [0.4, 0.5) is 0 Å². The summed E-state index contributed by atoms with van der Waals surface area (Å²) in [5.41, 5.74) is 1.24. The average molecular weight is 192 g/mol. The molecule has 0 unspecified atom stereocenters. The molecule has 0 bridgehead atoms. The van der Waals surface area contributed by atoms with Crippen LogP contribution >= 0.6 is 11.8 Å². The van der Waals surface area contributed by atoms with Crippen LogP contribution in [0.25, 0.3) is 0 Å². The van der Waals surface area contributed by atoms with E-state index in [0.29, 0.717) is 5.75 Å². The summed E-state index contributed by atoms with van der Waals surface area (Å²) in [6.07, 6.45) is 2.65. The molecule has 64 valence electrons. The van der Waals surface area contributed by atoms with Gasteiger partial charge in [-0.25, -0.2) is 8.42 Å². The minimum atomic E-state index is -2.76. The van der Waals surface area contributed by atoms with E-state index in [1.54, 1.807) is 11.8 Å². The number of hydrogen-bond donors (Lipinski definition) is 0. The summed E-state index contributed by atoms with van der Waals surface area (Å²) < 4.78 is 22.2. The fourth-order valence-electron chi connectivity index (χ4n) is 1.08. The molecule has 0 saturated carbocycles. The topological polar surface area (TPSA) is 34.1 Å². The van der Waals surface area contributed by atoms with Crippen molar-refractivity contribution in [3.63, 3.8) is 0 Å². The SMILES string of the molecule is CSC1=C(C)CCS(=O)(=O)C1. The maximum absolute atomic E-state index is 11.1. The van der Waals surface area contributed by atoms with Crippen LogP contribution in [0.15, 0.2) is 10.5 Å². The lowest BCUT2D eigenvalue weighted by molar-refractivity contribution is 0.596. The zero-order chi connectivity index (χ0) is 8.48. The van der Waals surface area contributed by atoms with Crippen LogP contribution in [0, 0.1) is 0 Å². The van der Waals surface area contributed by atoms with Crippen molar-refractivity contribution >= 4 is 21.6 Å². The van der Waals surface area contributed by atoms with Gasteiger partial charge in [-0.1, -0.05) is 5.57 Å². The Bertz CT molecular complexity index is 275. The monoisotopic (exact) mass is 192 g/mol. The highest BCUT2D eigenvalue weighted by Crippen LogP contribution is 2.26. The summed E-state index contributed by atoms with van der Waals surface area (Å²) in [5, 5.41) is 0. The second-order valence-corrected chi connectivity index (χ2v) is 5.83. The van der Waals surface area contributed by atoms with Crippen LogP contribution in [-0.4, -0.2) is 26.2 Å². The van der Waals surface area contributed by atoms with E-state index >= 15 is 0 Å². The van der Waals surface area contributed by atoms with Crippen molar-refractivity contribution in [1.29, 1.82) is 0 Å². The molecule has 0 amide bonds. The third-order valence-corrected chi connectivity index (χ3v) is 4.58. The summed E-state index contributed by atoms with van der Waals surface area (Å²) in [6.45, 7) is 2.01. The van der Waals surface area contributed by atoms with Gasteiger partial charge in [-0.15, -0.1) is 11.8 Å². The molecule has 0 aliphatic carbocycles. The van der Waals surface area contributed by atoms with E-state index in [-0.39, 0.29) is 5.75 Å². The minimum absolute atomic E-state index is 0.264. The summed E-state index contributed by atoms with van der Waals surface area (Å²) >= 11 is 1.56. The predicted octanol–water partition coefficient (Wildman–Crippen LogP) is 1.44. The quantitative estimate of drug-likeness (QED) is 0.630. The zero-order valence-electron chi connectivity index (χ0n) is 6.75. The normalized spacial score (nSPS) is 23.8. The predicted molar refractivity (Wildman–Crippen MR) is 49.5 cm³/mol. The Morgan fingerprint density at radius 3 is 2.55 bits per heavy atom. The van der Waals surface area contributed by atoms with Crippen LogP contribution in [0.2, 0.25) is 0 Å². The first kappa shape index (κ1) is 9.13. The molecule has 0 atom stereocenters. The first-order chi connectivity index (χ1) is 5.05. The standard InChI is InChI=1S/C7H12O2S2/c1-6-3-4-11(8,9)5-7(6)10-2/h3-5H2,1-2H3. The van der Waals surface area contributed by atoms with Crippen LogP contribution in [0.3, 0.4) is 0 Å². The lowest BCUT2D eigenvalue weighted by Gasteiger charge is -2.15. The van der Waals surface area contributed by atoms with Gasteiger partial charge in [0.05, 0.1) is 11.5 Å². The van der Waals surface area contributed by atoms with E-state index in [1.165, 1.54) is 5.57 Å². The highest BCUT2D eigenvalue weighted by atomic mass is 32.2. The van der Waals surface area contributed by atoms with Crippen molar-refractivity contribution in [3.05, 3.63) is 10.5 Å². The molecular formula is C7H12O2S2. The van der Waals surface area contributed by atoms with E-state index in [4.69, 9.17) is 0 Å². The van der Waals surface area contributed by atoms with E-state index in [2.05, 4.69) is 0 Å². The molecule has 0 spiro atoms. The van der Waals surface area contributed by atoms with E-state index in [9.17, 15) is 8.42 Å². The lowest BCUT2D eigenvalue weighted by atomic mass is 10.2. The fourth-order valence-corrected chi connectivity index (χ4v) is 3.94. The molecule has 0 aromatic heterocycles. The molecule has 1 heterocycles. The highest BCUT2D eigenvalue weighted by Gasteiger charge is 2.20. The molecule has 1 rings (SSSR count). The van der Waals surface area contributed by atoms with Crippen molar-refractivity contribution in [2.45, 2.75) is 13.3 Å². The van der Waals surface area contributed by atoms with Gasteiger partial charge in [0.2, 0.25) is 0 Å². The van der Waals surface area contributed by atoms with Crippen molar-refractivity contribution < 1.29 is 8.42 Å². The van der Waals surface area contributed by atoms with Gasteiger partial charge in [0, 0.05) is 0 Å². The number of allylic oxidation sites excluding steroid dienone is 1. The summed E-state index contributed by atoms with van der Waals surface area (Å²) in [5.74, 6) is 0.600. The number of sulfone groups is 1. The van der Waals surface area contributed by atoms with E-state index < -0.39 is 9.84 Å². The van der Waals surface area contributed by atoms with Crippen molar-refractivity contribution in [3.8, 4) is 0 Å². The Morgan fingerprint density at radius 1 is 1.45 bits per heavy atom. The molecule has 0 aromatic carbocycles. The first-order valence-electron chi connectivity index (χ1n) is 3.48. The minimum Gasteiger partial charge on any atom is -0.228 e. The summed E-state index contributed by atoms with van der Waals surface area (Å²) in [4.78, 5) is 1.04. The highest BCUT2D eigenvalue weighted by molar-refractivity contribution is 8.04. The largest absolute Gasteiger partial charge is 0.228 e. The Labute approximate surface area is 72.0 Å². The van der Waals surface area contributed by atoms with Gasteiger partial charge in [0.15, 0.2) is 9.84 Å². The number of rotatable bonds is 1. The number of thioether (sulfide) groups is 1. The third-order valence-electron chi connectivity index (χ3n) is 1.86. The summed E-state index contributed by atoms with van der Waals surface area (Å²) in [7, 11) is -2.76. The Balaban J connectivity index is 2.91. The maximum Gasteiger partial charge on any atom is 0.155 e. The van der Waals surface area contributed by atoms with Gasteiger partial charge < -0.3 is 0 Å². The Hall–Kier alpha value is 0.0400. The molecule has 1 aliphatic heterocycles. The molecule has 0 aromatic rings. The van der Waals surface area contributed by atoms with Gasteiger partial charge >= 0.3 is 0 Å². The molecule has 4 heteroatoms. The van der Waals surface area contributed by atoms with Crippen LogP contribution < -0.4 is 0 Å². The van der Waals surface area contributed by atoms with Crippen molar-refractivity contribution in [2.75, 3.05) is 17.8 Å².